The topological polar surface area (TPSA) is 67.2 Å². The molecular weight excluding hydrogens is 398 g/mol. The van der Waals surface area contributed by atoms with E-state index in [0.717, 1.165) is 41.1 Å². The molecule has 2 unspecified atom stereocenters. The molecule has 2 atom stereocenters. The van der Waals surface area contributed by atoms with Crippen molar-refractivity contribution >= 4 is 28.6 Å². The van der Waals surface area contributed by atoms with Gasteiger partial charge in [-0.05, 0) is 78.8 Å². The Balaban J connectivity index is 1.83. The van der Waals surface area contributed by atoms with Gasteiger partial charge < -0.3 is 15.0 Å². The Hall–Kier alpha value is -2.82. The Morgan fingerprint density at radius 3 is 2.44 bits per heavy atom. The second kappa shape index (κ2) is 8.27. The third-order valence-electron chi connectivity index (χ3n) is 6.91. The van der Waals surface area contributed by atoms with E-state index >= 15 is 0 Å². The maximum Gasteiger partial charge on any atom is 0.336 e. The Kier molecular flexibility index (Phi) is 5.78. The van der Waals surface area contributed by atoms with Crippen LogP contribution in [0.25, 0.3) is 11.0 Å². The Labute approximate surface area is 190 Å². The fraction of sp³-hybridized carbons (Fsp3) is 0.481. The Morgan fingerprint density at radius 1 is 1.16 bits per heavy atom. The molecule has 0 radical (unpaired) electrons. The summed E-state index contributed by atoms with van der Waals surface area (Å²) in [5.74, 6) is 0.985. The van der Waals surface area contributed by atoms with Gasteiger partial charge in [-0.2, -0.15) is 0 Å². The highest BCUT2D eigenvalue weighted by Gasteiger charge is 2.35. The van der Waals surface area contributed by atoms with E-state index in [1.165, 1.54) is 12.0 Å². The molecule has 0 amide bonds. The van der Waals surface area contributed by atoms with Crippen LogP contribution in [0.15, 0.2) is 36.4 Å². The molecule has 0 spiro atoms. The summed E-state index contributed by atoms with van der Waals surface area (Å²) in [6.45, 7) is 13.3. The number of fused-ring (bicyclic) bond motifs is 1. The Morgan fingerprint density at radius 2 is 1.84 bits per heavy atom. The molecular formula is C27H35N3O2. The molecule has 1 aliphatic rings. The zero-order chi connectivity index (χ0) is 23.2. The predicted molar refractivity (Wildman–Crippen MR) is 131 cm³/mol. The quantitative estimate of drug-likeness (QED) is 0.443. The number of benzene rings is 2. The molecule has 0 aliphatic heterocycles. The highest BCUT2D eigenvalue weighted by Crippen LogP contribution is 2.46. The lowest BCUT2D eigenvalue weighted by atomic mass is 9.70. The molecule has 5 nitrogen and oxygen atoms in total. The zero-order valence-corrected chi connectivity index (χ0v) is 20.1. The SMILES string of the molecule is Cc1c(C(=O)O)ccc2c1nc(Nc1ccc(C(C)C)cc1)n2C1CC(C)CC(C)(C)C1. The van der Waals surface area contributed by atoms with Crippen LogP contribution in [-0.2, 0) is 0 Å². The summed E-state index contributed by atoms with van der Waals surface area (Å²) in [4.78, 5) is 16.7. The van der Waals surface area contributed by atoms with E-state index in [4.69, 9.17) is 4.98 Å². The molecule has 2 N–H and O–H groups in total. The molecule has 0 bridgehead atoms. The number of carboxylic acid groups (broad SMARTS) is 1. The lowest BCUT2D eigenvalue weighted by molar-refractivity contribution is 0.0696. The lowest BCUT2D eigenvalue weighted by Crippen LogP contribution is -2.29. The van der Waals surface area contributed by atoms with Crippen LogP contribution >= 0.6 is 0 Å². The van der Waals surface area contributed by atoms with Gasteiger partial charge in [-0.1, -0.05) is 46.8 Å². The molecule has 4 rings (SSSR count). The fourth-order valence-electron chi connectivity index (χ4n) is 5.56. The molecule has 170 valence electrons. The first-order valence-corrected chi connectivity index (χ1v) is 11.7. The summed E-state index contributed by atoms with van der Waals surface area (Å²) < 4.78 is 2.32. The minimum atomic E-state index is -0.912. The second-order valence-electron chi connectivity index (χ2n) is 10.7. The van der Waals surface area contributed by atoms with Crippen molar-refractivity contribution in [2.75, 3.05) is 5.32 Å². The minimum absolute atomic E-state index is 0.255. The number of imidazole rings is 1. The van der Waals surface area contributed by atoms with Crippen LogP contribution in [0.1, 0.15) is 87.3 Å². The van der Waals surface area contributed by atoms with Crippen molar-refractivity contribution in [2.24, 2.45) is 11.3 Å². The van der Waals surface area contributed by atoms with E-state index in [1.54, 1.807) is 6.07 Å². The summed E-state index contributed by atoms with van der Waals surface area (Å²) in [7, 11) is 0. The molecule has 3 aromatic rings. The number of aryl methyl sites for hydroxylation is 1. The van der Waals surface area contributed by atoms with E-state index in [1.807, 2.05) is 13.0 Å². The molecule has 0 saturated heterocycles. The first kappa shape index (κ1) is 22.4. The summed E-state index contributed by atoms with van der Waals surface area (Å²) in [5, 5.41) is 13.2. The maximum absolute atomic E-state index is 11.7. The van der Waals surface area contributed by atoms with Gasteiger partial charge in [0.1, 0.15) is 0 Å². The van der Waals surface area contributed by atoms with Crippen LogP contribution in [-0.4, -0.2) is 20.6 Å². The van der Waals surface area contributed by atoms with E-state index in [-0.39, 0.29) is 5.41 Å². The van der Waals surface area contributed by atoms with Gasteiger partial charge in [0.05, 0.1) is 16.6 Å². The van der Waals surface area contributed by atoms with Gasteiger partial charge in [0.15, 0.2) is 0 Å². The monoisotopic (exact) mass is 433 g/mol. The van der Waals surface area contributed by atoms with Crippen LogP contribution < -0.4 is 5.32 Å². The average Bonchev–Trinajstić information content (AvgIpc) is 3.05. The molecule has 1 heterocycles. The highest BCUT2D eigenvalue weighted by molar-refractivity contribution is 5.96. The van der Waals surface area contributed by atoms with Gasteiger partial charge in [0, 0.05) is 11.7 Å². The van der Waals surface area contributed by atoms with Crippen molar-refractivity contribution in [1.29, 1.82) is 0 Å². The number of carbonyl (C=O) groups is 1. The normalized spacial score (nSPS) is 20.6. The number of hydrogen-bond acceptors (Lipinski definition) is 3. The molecule has 1 aliphatic carbocycles. The fourth-order valence-corrected chi connectivity index (χ4v) is 5.56. The summed E-state index contributed by atoms with van der Waals surface area (Å²) in [6, 6.07) is 12.5. The molecule has 32 heavy (non-hydrogen) atoms. The summed E-state index contributed by atoms with van der Waals surface area (Å²) in [5.41, 5.74) is 5.35. The third-order valence-corrected chi connectivity index (χ3v) is 6.91. The largest absolute Gasteiger partial charge is 0.478 e. The van der Waals surface area contributed by atoms with E-state index in [0.29, 0.717) is 23.4 Å². The number of hydrogen-bond donors (Lipinski definition) is 2. The predicted octanol–water partition coefficient (Wildman–Crippen LogP) is 7.30. The summed E-state index contributed by atoms with van der Waals surface area (Å²) in [6.07, 6.45) is 3.39. The first-order valence-electron chi connectivity index (χ1n) is 11.7. The molecule has 1 fully saturated rings. The Bertz CT molecular complexity index is 1140. The van der Waals surface area contributed by atoms with Crippen molar-refractivity contribution in [3.05, 3.63) is 53.1 Å². The highest BCUT2D eigenvalue weighted by atomic mass is 16.4. The average molecular weight is 434 g/mol. The molecule has 2 aromatic carbocycles. The standard InChI is InChI=1S/C27H35N3O2/c1-16(2)19-7-9-20(10-8-19)28-26-29-24-18(4)22(25(31)32)11-12-23(24)30(26)21-13-17(3)14-27(5,6)15-21/h7-12,16-17,21H,13-15H2,1-6H3,(H,28,29)(H,31,32). The number of carboxylic acids is 1. The van der Waals surface area contributed by atoms with Gasteiger partial charge in [0.2, 0.25) is 5.95 Å². The summed E-state index contributed by atoms with van der Waals surface area (Å²) >= 11 is 0. The van der Waals surface area contributed by atoms with Crippen molar-refractivity contribution < 1.29 is 9.90 Å². The van der Waals surface area contributed by atoms with Crippen LogP contribution in [0.4, 0.5) is 11.6 Å². The number of aromatic carboxylic acids is 1. The van der Waals surface area contributed by atoms with Crippen LogP contribution in [0.3, 0.4) is 0 Å². The van der Waals surface area contributed by atoms with Gasteiger partial charge in [-0.3, -0.25) is 0 Å². The van der Waals surface area contributed by atoms with E-state index < -0.39 is 5.97 Å². The minimum Gasteiger partial charge on any atom is -0.478 e. The number of nitrogens with one attached hydrogen (secondary N) is 1. The lowest BCUT2D eigenvalue weighted by Gasteiger charge is -2.40. The number of aromatic nitrogens is 2. The first-order chi connectivity index (χ1) is 15.1. The van der Waals surface area contributed by atoms with Crippen molar-refractivity contribution in [3.63, 3.8) is 0 Å². The maximum atomic E-state index is 11.7. The smallest absolute Gasteiger partial charge is 0.336 e. The van der Waals surface area contributed by atoms with Gasteiger partial charge >= 0.3 is 5.97 Å². The van der Waals surface area contributed by atoms with E-state index in [9.17, 15) is 9.90 Å². The van der Waals surface area contributed by atoms with Gasteiger partial charge in [-0.25, -0.2) is 9.78 Å². The van der Waals surface area contributed by atoms with Crippen molar-refractivity contribution in [1.82, 2.24) is 9.55 Å². The van der Waals surface area contributed by atoms with E-state index in [2.05, 4.69) is 68.8 Å². The zero-order valence-electron chi connectivity index (χ0n) is 20.1. The van der Waals surface area contributed by atoms with Crippen molar-refractivity contribution in [3.8, 4) is 0 Å². The molecule has 5 heteroatoms. The van der Waals surface area contributed by atoms with Crippen LogP contribution in [0.5, 0.6) is 0 Å². The van der Waals surface area contributed by atoms with Crippen molar-refractivity contribution in [2.45, 2.75) is 72.8 Å². The third kappa shape index (κ3) is 4.25. The molecule has 1 saturated carbocycles. The van der Waals surface area contributed by atoms with Crippen LogP contribution in [0, 0.1) is 18.3 Å². The second-order valence-corrected chi connectivity index (χ2v) is 10.7. The number of nitrogens with zero attached hydrogens (tertiary/aromatic N) is 2. The van der Waals surface area contributed by atoms with Crippen LogP contribution in [0.2, 0.25) is 0 Å². The van der Waals surface area contributed by atoms with Gasteiger partial charge in [-0.15, -0.1) is 0 Å². The van der Waals surface area contributed by atoms with Gasteiger partial charge in [0.25, 0.3) is 0 Å². The number of anilines is 2. The molecule has 1 aromatic heterocycles. The number of rotatable bonds is 5.